The number of hydrogen-bond donors (Lipinski definition) is 0. The molecular weight excluding hydrogens is 687 g/mol. The molecule has 7 aromatic carbocycles. The Balaban J connectivity index is 1.03. The van der Waals surface area contributed by atoms with Crippen LogP contribution in [0.1, 0.15) is 86.5 Å². The molecule has 14 rings (SSSR count). The molecular formula is C56H49N. The van der Waals surface area contributed by atoms with Crippen molar-refractivity contribution in [1.82, 2.24) is 0 Å². The van der Waals surface area contributed by atoms with Crippen molar-refractivity contribution in [2.75, 3.05) is 4.90 Å². The first-order valence-corrected chi connectivity index (χ1v) is 22.1. The van der Waals surface area contributed by atoms with Crippen LogP contribution in [0.3, 0.4) is 0 Å². The summed E-state index contributed by atoms with van der Waals surface area (Å²) in [6.45, 7) is 0. The zero-order chi connectivity index (χ0) is 37.3. The molecule has 7 aliphatic carbocycles. The van der Waals surface area contributed by atoms with Gasteiger partial charge in [-0.3, -0.25) is 0 Å². The molecule has 1 nitrogen and oxygen atoms in total. The summed E-state index contributed by atoms with van der Waals surface area (Å²) in [5.41, 5.74) is 18.8. The molecule has 4 bridgehead atoms. The highest BCUT2D eigenvalue weighted by Gasteiger charge is 2.62. The van der Waals surface area contributed by atoms with Crippen LogP contribution in [0.15, 0.2) is 152 Å². The molecule has 0 amide bonds. The maximum Gasteiger partial charge on any atom is 0.0509 e. The van der Waals surface area contributed by atoms with Gasteiger partial charge in [-0.05, 0) is 171 Å². The maximum atomic E-state index is 2.68. The lowest BCUT2D eigenvalue weighted by Crippen LogP contribution is -2.55. The van der Waals surface area contributed by atoms with E-state index in [1.807, 2.05) is 0 Å². The first kappa shape index (κ1) is 32.7. The number of hydrogen-bond acceptors (Lipinski definition) is 1. The van der Waals surface area contributed by atoms with Gasteiger partial charge in [0.1, 0.15) is 0 Å². The van der Waals surface area contributed by atoms with E-state index in [9.17, 15) is 0 Å². The van der Waals surface area contributed by atoms with E-state index in [1.54, 1.807) is 22.3 Å². The number of rotatable bonds is 4. The molecule has 1 heteroatoms. The summed E-state index contributed by atoms with van der Waals surface area (Å²) in [5, 5.41) is 2.57. The first-order chi connectivity index (χ1) is 28.2. The predicted molar refractivity (Wildman–Crippen MR) is 237 cm³/mol. The molecule has 0 heterocycles. The van der Waals surface area contributed by atoms with Crippen molar-refractivity contribution >= 4 is 27.8 Å². The third kappa shape index (κ3) is 4.47. The summed E-state index contributed by atoms with van der Waals surface area (Å²) in [6.07, 6.45) is 13.5. The Morgan fingerprint density at radius 1 is 0.421 bits per heavy atom. The fourth-order valence-corrected chi connectivity index (χ4v) is 14.3. The molecule has 0 saturated heterocycles. The highest BCUT2D eigenvalue weighted by Crippen LogP contribution is 2.71. The average Bonchev–Trinajstić information content (AvgIpc) is 3.71. The van der Waals surface area contributed by atoms with E-state index in [4.69, 9.17) is 0 Å². The van der Waals surface area contributed by atoms with E-state index in [2.05, 4.69) is 157 Å². The second-order valence-corrected chi connectivity index (χ2v) is 18.8. The molecule has 0 aromatic heterocycles. The summed E-state index contributed by atoms with van der Waals surface area (Å²) >= 11 is 0. The molecule has 5 saturated carbocycles. The zero-order valence-corrected chi connectivity index (χ0v) is 32.8. The topological polar surface area (TPSA) is 3.24 Å². The van der Waals surface area contributed by atoms with E-state index >= 15 is 0 Å². The van der Waals surface area contributed by atoms with E-state index in [0.717, 1.165) is 11.8 Å². The average molecular weight is 736 g/mol. The minimum absolute atomic E-state index is 0.0642. The monoisotopic (exact) mass is 735 g/mol. The standard InChI is InChI=1S/C56H49N/c1-8-27-55(28-9-1)50-16-6-4-14-47(50)49-35-45(25-26-51(49)55)57(44-23-21-39(22-24-44)41-20-19-38-11-2-3-12-40(38)34-41)53-18-10-15-48-46-13-5-7-17-52(46)56(54(48)53)42-30-36-29-37(32-42)33-43(56)31-36/h2-7,10-26,34-37,42-43H,1,8-9,27-33H2. The third-order valence-corrected chi connectivity index (χ3v) is 16.2. The van der Waals surface area contributed by atoms with Crippen molar-refractivity contribution in [3.63, 3.8) is 0 Å². The zero-order valence-electron chi connectivity index (χ0n) is 32.8. The van der Waals surface area contributed by atoms with Crippen LogP contribution in [0.5, 0.6) is 0 Å². The van der Waals surface area contributed by atoms with E-state index in [-0.39, 0.29) is 10.8 Å². The lowest BCUT2D eigenvalue weighted by atomic mass is 9.43. The first-order valence-electron chi connectivity index (χ1n) is 22.1. The van der Waals surface area contributed by atoms with Crippen LogP contribution in [-0.4, -0.2) is 0 Å². The Kier molecular flexibility index (Phi) is 6.91. The van der Waals surface area contributed by atoms with Gasteiger partial charge in [-0.15, -0.1) is 0 Å². The highest BCUT2D eigenvalue weighted by atomic mass is 15.1. The Bertz CT molecular complexity index is 2720. The van der Waals surface area contributed by atoms with Gasteiger partial charge in [0.05, 0.1) is 5.69 Å². The molecule has 0 N–H and O–H groups in total. The molecule has 2 spiro atoms. The van der Waals surface area contributed by atoms with Gasteiger partial charge in [-0.25, -0.2) is 0 Å². The normalized spacial score (nSPS) is 25.4. The van der Waals surface area contributed by atoms with E-state index in [1.165, 1.54) is 125 Å². The van der Waals surface area contributed by atoms with E-state index in [0.29, 0.717) is 11.8 Å². The highest BCUT2D eigenvalue weighted by molar-refractivity contribution is 5.94. The predicted octanol–water partition coefficient (Wildman–Crippen LogP) is 14.9. The molecule has 5 fully saturated rings. The van der Waals surface area contributed by atoms with E-state index < -0.39 is 0 Å². The van der Waals surface area contributed by atoms with Gasteiger partial charge in [0, 0.05) is 22.2 Å². The Morgan fingerprint density at radius 2 is 1.04 bits per heavy atom. The van der Waals surface area contributed by atoms with Crippen LogP contribution in [0.2, 0.25) is 0 Å². The maximum absolute atomic E-state index is 2.68. The third-order valence-electron chi connectivity index (χ3n) is 16.2. The van der Waals surface area contributed by atoms with Crippen molar-refractivity contribution < 1.29 is 0 Å². The van der Waals surface area contributed by atoms with Gasteiger partial charge < -0.3 is 4.90 Å². The van der Waals surface area contributed by atoms with Crippen molar-refractivity contribution in [2.45, 2.75) is 75.0 Å². The molecule has 57 heavy (non-hydrogen) atoms. The van der Waals surface area contributed by atoms with Gasteiger partial charge >= 0.3 is 0 Å². The molecule has 278 valence electrons. The number of anilines is 3. The van der Waals surface area contributed by atoms with Crippen molar-refractivity contribution in [3.05, 3.63) is 174 Å². The molecule has 0 radical (unpaired) electrons. The number of benzene rings is 7. The quantitative estimate of drug-likeness (QED) is 0.174. The largest absolute Gasteiger partial charge is 0.310 e. The number of nitrogens with zero attached hydrogens (tertiary/aromatic N) is 1. The Morgan fingerprint density at radius 3 is 1.81 bits per heavy atom. The lowest BCUT2D eigenvalue weighted by molar-refractivity contribution is -0.0397. The molecule has 0 atom stereocenters. The van der Waals surface area contributed by atoms with Crippen LogP contribution < -0.4 is 4.90 Å². The van der Waals surface area contributed by atoms with Crippen LogP contribution in [0.25, 0.3) is 44.2 Å². The minimum atomic E-state index is 0.0642. The summed E-state index contributed by atoms with van der Waals surface area (Å²) in [6, 6.07) is 59.0. The van der Waals surface area contributed by atoms with Crippen LogP contribution in [0.4, 0.5) is 17.1 Å². The fourth-order valence-electron chi connectivity index (χ4n) is 14.3. The SMILES string of the molecule is c1ccc2c(c1)-c1cc(N(c3ccc(-c4ccc5ccccc5c4)cc3)c3cccc4c3C3(c5ccccc5-4)C4CC5CC(C4)CC3C5)ccc1C21CCCCC1. The fraction of sp³-hybridized carbons (Fsp3) is 0.286. The van der Waals surface area contributed by atoms with Crippen molar-refractivity contribution in [2.24, 2.45) is 23.7 Å². The second-order valence-electron chi connectivity index (χ2n) is 18.8. The number of fused-ring (bicyclic) bond motifs is 9. The van der Waals surface area contributed by atoms with Gasteiger partial charge in [0.15, 0.2) is 0 Å². The Labute approximate surface area is 337 Å². The van der Waals surface area contributed by atoms with Gasteiger partial charge in [0.2, 0.25) is 0 Å². The van der Waals surface area contributed by atoms with Crippen molar-refractivity contribution in [1.29, 1.82) is 0 Å². The summed E-state index contributed by atoms with van der Waals surface area (Å²) < 4.78 is 0. The molecule has 0 unspecified atom stereocenters. The Hall–Kier alpha value is -5.40. The van der Waals surface area contributed by atoms with Crippen molar-refractivity contribution in [3.8, 4) is 33.4 Å². The van der Waals surface area contributed by atoms with Crippen LogP contribution >= 0.6 is 0 Å². The van der Waals surface area contributed by atoms with Crippen LogP contribution in [-0.2, 0) is 10.8 Å². The lowest BCUT2D eigenvalue weighted by Gasteiger charge is -2.61. The smallest absolute Gasteiger partial charge is 0.0509 e. The summed E-state index contributed by atoms with van der Waals surface area (Å²) in [7, 11) is 0. The second kappa shape index (κ2) is 12.1. The molecule has 0 aliphatic heterocycles. The van der Waals surface area contributed by atoms with Gasteiger partial charge in [-0.2, -0.15) is 0 Å². The van der Waals surface area contributed by atoms with Gasteiger partial charge in [0.25, 0.3) is 0 Å². The summed E-state index contributed by atoms with van der Waals surface area (Å²) in [5.74, 6) is 3.22. The molecule has 7 aromatic rings. The van der Waals surface area contributed by atoms with Gasteiger partial charge in [-0.1, -0.05) is 135 Å². The minimum Gasteiger partial charge on any atom is -0.310 e. The molecule has 7 aliphatic rings. The summed E-state index contributed by atoms with van der Waals surface area (Å²) in [4.78, 5) is 2.68. The van der Waals surface area contributed by atoms with Crippen LogP contribution in [0, 0.1) is 23.7 Å².